The molecule has 1 N–H and O–H groups in total. The lowest BCUT2D eigenvalue weighted by atomic mass is 10.0. The van der Waals surface area contributed by atoms with E-state index in [-0.39, 0.29) is 0 Å². The van der Waals surface area contributed by atoms with Crippen molar-refractivity contribution in [2.75, 3.05) is 6.54 Å². The van der Waals surface area contributed by atoms with Crippen molar-refractivity contribution in [2.24, 2.45) is 0 Å². The van der Waals surface area contributed by atoms with Gasteiger partial charge in [0.25, 0.3) is 0 Å². The fourth-order valence-corrected chi connectivity index (χ4v) is 3.11. The molecule has 0 bridgehead atoms. The van der Waals surface area contributed by atoms with Crippen molar-refractivity contribution < 1.29 is 0 Å². The molecule has 0 spiro atoms. The quantitative estimate of drug-likeness (QED) is 0.555. The molecule has 18 heavy (non-hydrogen) atoms. The highest BCUT2D eigenvalue weighted by molar-refractivity contribution is 7.07. The highest BCUT2D eigenvalue weighted by Crippen LogP contribution is 2.14. The van der Waals surface area contributed by atoms with Crippen molar-refractivity contribution >= 4 is 11.3 Å². The summed E-state index contributed by atoms with van der Waals surface area (Å²) in [4.78, 5) is 0. The first-order chi connectivity index (χ1) is 8.86. The normalized spacial score (nSPS) is 12.8. The molecule has 1 atom stereocenters. The number of unbranched alkanes of at least 4 members (excludes halogenated alkanes) is 5. The minimum Gasteiger partial charge on any atom is -0.314 e. The highest BCUT2D eigenvalue weighted by Gasteiger charge is 2.08. The number of hydrogen-bond donors (Lipinski definition) is 1. The zero-order chi connectivity index (χ0) is 13.1. The number of nitrogens with one attached hydrogen (secondary N) is 1. The van der Waals surface area contributed by atoms with Crippen LogP contribution in [-0.4, -0.2) is 12.6 Å². The second kappa shape index (κ2) is 10.6. The van der Waals surface area contributed by atoms with Gasteiger partial charge in [0.2, 0.25) is 0 Å². The van der Waals surface area contributed by atoms with Gasteiger partial charge in [0.15, 0.2) is 0 Å². The van der Waals surface area contributed by atoms with Gasteiger partial charge in [0, 0.05) is 6.04 Å². The van der Waals surface area contributed by atoms with Gasteiger partial charge in [-0.05, 0) is 41.8 Å². The van der Waals surface area contributed by atoms with Gasteiger partial charge in [-0.3, -0.25) is 0 Å². The van der Waals surface area contributed by atoms with Crippen LogP contribution in [0.5, 0.6) is 0 Å². The van der Waals surface area contributed by atoms with Gasteiger partial charge in [-0.1, -0.05) is 52.4 Å². The van der Waals surface area contributed by atoms with Gasteiger partial charge in [0.1, 0.15) is 0 Å². The second-order valence-corrected chi connectivity index (χ2v) is 5.93. The van der Waals surface area contributed by atoms with Crippen LogP contribution < -0.4 is 5.32 Å². The highest BCUT2D eigenvalue weighted by atomic mass is 32.1. The van der Waals surface area contributed by atoms with Gasteiger partial charge in [0.05, 0.1) is 0 Å². The molecule has 0 aliphatic rings. The van der Waals surface area contributed by atoms with E-state index in [1.165, 1.54) is 56.9 Å². The third kappa shape index (κ3) is 7.17. The Kier molecular flexibility index (Phi) is 9.23. The Labute approximate surface area is 117 Å². The molecule has 1 unspecified atom stereocenters. The first-order valence-electron chi connectivity index (χ1n) is 7.61. The summed E-state index contributed by atoms with van der Waals surface area (Å²) in [7, 11) is 0. The van der Waals surface area contributed by atoms with E-state index >= 15 is 0 Å². The summed E-state index contributed by atoms with van der Waals surface area (Å²) in [5, 5.41) is 8.09. The van der Waals surface area contributed by atoms with Crippen molar-refractivity contribution in [3.8, 4) is 0 Å². The molecule has 104 valence electrons. The van der Waals surface area contributed by atoms with Crippen LogP contribution in [0.4, 0.5) is 0 Å². The third-order valence-corrected chi connectivity index (χ3v) is 4.19. The Hall–Kier alpha value is -0.340. The van der Waals surface area contributed by atoms with Crippen LogP contribution in [0, 0.1) is 0 Å². The second-order valence-electron chi connectivity index (χ2n) is 5.15. The molecule has 0 amide bonds. The first-order valence-corrected chi connectivity index (χ1v) is 8.55. The molecular weight excluding hydrogens is 238 g/mol. The molecule has 1 nitrogen and oxygen atoms in total. The SMILES string of the molecule is CCCCCCCCC(Cc1ccsc1)NCC. The topological polar surface area (TPSA) is 12.0 Å². The molecule has 0 aliphatic carbocycles. The molecule has 0 fully saturated rings. The largest absolute Gasteiger partial charge is 0.314 e. The average molecular weight is 267 g/mol. The van der Waals surface area contributed by atoms with E-state index in [4.69, 9.17) is 0 Å². The van der Waals surface area contributed by atoms with Crippen molar-refractivity contribution in [1.29, 1.82) is 0 Å². The summed E-state index contributed by atoms with van der Waals surface area (Å²) < 4.78 is 0. The molecule has 1 rings (SSSR count). The Morgan fingerprint density at radius 1 is 1.11 bits per heavy atom. The number of rotatable bonds is 11. The minimum atomic E-state index is 0.677. The summed E-state index contributed by atoms with van der Waals surface area (Å²) >= 11 is 1.81. The predicted octanol–water partition coefficient (Wildman–Crippen LogP) is 5.02. The molecule has 0 saturated heterocycles. The molecule has 1 aromatic rings. The minimum absolute atomic E-state index is 0.677. The zero-order valence-corrected chi connectivity index (χ0v) is 12.9. The van der Waals surface area contributed by atoms with Gasteiger partial charge in [-0.15, -0.1) is 0 Å². The van der Waals surface area contributed by atoms with E-state index in [1.54, 1.807) is 0 Å². The van der Waals surface area contributed by atoms with E-state index < -0.39 is 0 Å². The van der Waals surface area contributed by atoms with Gasteiger partial charge in [-0.2, -0.15) is 11.3 Å². The predicted molar refractivity (Wildman–Crippen MR) is 83.5 cm³/mol. The van der Waals surface area contributed by atoms with Crippen LogP contribution in [0.1, 0.15) is 64.4 Å². The monoisotopic (exact) mass is 267 g/mol. The molecule has 0 saturated carbocycles. The van der Waals surface area contributed by atoms with E-state index in [1.807, 2.05) is 11.3 Å². The molecule has 0 radical (unpaired) electrons. The van der Waals surface area contributed by atoms with E-state index in [0.29, 0.717) is 6.04 Å². The van der Waals surface area contributed by atoms with Crippen LogP contribution in [0.25, 0.3) is 0 Å². The van der Waals surface area contributed by atoms with Crippen molar-refractivity contribution in [1.82, 2.24) is 5.32 Å². The maximum Gasteiger partial charge on any atom is 0.0108 e. The first kappa shape index (κ1) is 15.7. The molecular formula is C16H29NS. The van der Waals surface area contributed by atoms with E-state index in [0.717, 1.165) is 6.54 Å². The Morgan fingerprint density at radius 2 is 1.89 bits per heavy atom. The van der Waals surface area contributed by atoms with Crippen LogP contribution >= 0.6 is 11.3 Å². The van der Waals surface area contributed by atoms with Crippen LogP contribution in [0.3, 0.4) is 0 Å². The van der Waals surface area contributed by atoms with Gasteiger partial charge >= 0.3 is 0 Å². The lowest BCUT2D eigenvalue weighted by Crippen LogP contribution is -2.30. The lowest BCUT2D eigenvalue weighted by molar-refractivity contribution is 0.460. The fraction of sp³-hybridized carbons (Fsp3) is 0.750. The molecule has 0 aliphatic heterocycles. The molecule has 1 aromatic heterocycles. The summed E-state index contributed by atoms with van der Waals surface area (Å²) in [6, 6.07) is 2.94. The summed E-state index contributed by atoms with van der Waals surface area (Å²) in [5.41, 5.74) is 1.50. The number of likely N-dealkylation sites (N-methyl/N-ethyl adjacent to an activating group) is 1. The Morgan fingerprint density at radius 3 is 2.56 bits per heavy atom. The summed E-state index contributed by atoms with van der Waals surface area (Å²) in [6.45, 7) is 5.58. The standard InChI is InChI=1S/C16H29NS/c1-3-5-6-7-8-9-10-16(17-4-2)13-15-11-12-18-14-15/h11-12,14,16-17H,3-10,13H2,1-2H3. The van der Waals surface area contributed by atoms with Crippen LogP contribution in [-0.2, 0) is 6.42 Å². The molecule has 0 aromatic carbocycles. The fourth-order valence-electron chi connectivity index (χ4n) is 2.43. The van der Waals surface area contributed by atoms with Gasteiger partial charge < -0.3 is 5.32 Å². The summed E-state index contributed by atoms with van der Waals surface area (Å²) in [6.07, 6.45) is 10.9. The van der Waals surface area contributed by atoms with Crippen molar-refractivity contribution in [3.63, 3.8) is 0 Å². The summed E-state index contributed by atoms with van der Waals surface area (Å²) in [5.74, 6) is 0. The maximum absolute atomic E-state index is 3.63. The molecule has 1 heterocycles. The molecule has 2 heteroatoms. The lowest BCUT2D eigenvalue weighted by Gasteiger charge is -2.17. The number of thiophene rings is 1. The maximum atomic E-state index is 3.63. The third-order valence-electron chi connectivity index (χ3n) is 3.46. The van der Waals surface area contributed by atoms with Gasteiger partial charge in [-0.25, -0.2) is 0 Å². The smallest absolute Gasteiger partial charge is 0.0108 e. The zero-order valence-electron chi connectivity index (χ0n) is 12.1. The average Bonchev–Trinajstić information content (AvgIpc) is 2.86. The van der Waals surface area contributed by atoms with Crippen molar-refractivity contribution in [3.05, 3.63) is 22.4 Å². The van der Waals surface area contributed by atoms with E-state index in [9.17, 15) is 0 Å². The van der Waals surface area contributed by atoms with Crippen molar-refractivity contribution in [2.45, 2.75) is 71.3 Å². The number of hydrogen-bond acceptors (Lipinski definition) is 2. The van der Waals surface area contributed by atoms with Crippen LogP contribution in [0.2, 0.25) is 0 Å². The van der Waals surface area contributed by atoms with E-state index in [2.05, 4.69) is 36.0 Å². The Bertz CT molecular complexity index is 269. The van der Waals surface area contributed by atoms with Crippen LogP contribution in [0.15, 0.2) is 16.8 Å². The Balaban J connectivity index is 2.13.